The molecule has 0 saturated carbocycles. The normalized spacial score (nSPS) is 15.5. The molecule has 1 N–H and O–H groups in total. The number of nitro benzene ring substituents is 1. The van der Waals surface area contributed by atoms with Gasteiger partial charge in [-0.05, 0) is 18.9 Å². The minimum absolute atomic E-state index is 0.0319. The van der Waals surface area contributed by atoms with E-state index in [0.29, 0.717) is 5.39 Å². The van der Waals surface area contributed by atoms with Gasteiger partial charge >= 0.3 is 0 Å². The van der Waals surface area contributed by atoms with Crippen LogP contribution in [-0.2, 0) is 13.0 Å². The Hall–Kier alpha value is -2.44. The van der Waals surface area contributed by atoms with Crippen LogP contribution in [-0.4, -0.2) is 19.7 Å². The van der Waals surface area contributed by atoms with E-state index in [4.69, 9.17) is 5.21 Å². The third kappa shape index (κ3) is 1.83. The SMILES string of the molecule is O=[N+]([O-])c1ccc2c(c1)/c(=N/O)nc1n2CCCC1. The van der Waals surface area contributed by atoms with Gasteiger partial charge in [-0.15, -0.1) is 0 Å². The van der Waals surface area contributed by atoms with Gasteiger partial charge in [0.1, 0.15) is 5.82 Å². The van der Waals surface area contributed by atoms with Crippen LogP contribution in [0.3, 0.4) is 0 Å². The Bertz CT molecular complexity index is 736. The van der Waals surface area contributed by atoms with Crippen molar-refractivity contribution in [2.24, 2.45) is 5.16 Å². The molecule has 2 heterocycles. The summed E-state index contributed by atoms with van der Waals surface area (Å²) in [4.78, 5) is 14.6. The number of fused-ring (bicyclic) bond motifs is 3. The molecule has 0 saturated heterocycles. The van der Waals surface area contributed by atoms with Crippen molar-refractivity contribution in [2.45, 2.75) is 25.8 Å². The van der Waals surface area contributed by atoms with Gasteiger partial charge < -0.3 is 9.77 Å². The summed E-state index contributed by atoms with van der Waals surface area (Å²) in [5, 5.41) is 23.5. The summed E-state index contributed by atoms with van der Waals surface area (Å²) in [5.41, 5.74) is 0.936. The molecule has 0 fully saturated rings. The van der Waals surface area contributed by atoms with Crippen molar-refractivity contribution in [3.05, 3.63) is 39.6 Å². The van der Waals surface area contributed by atoms with Crippen molar-refractivity contribution in [3.63, 3.8) is 0 Å². The molecule has 98 valence electrons. The molecule has 7 heteroatoms. The van der Waals surface area contributed by atoms with Gasteiger partial charge in [-0.2, -0.15) is 0 Å². The van der Waals surface area contributed by atoms with Gasteiger partial charge in [0.05, 0.1) is 15.8 Å². The van der Waals surface area contributed by atoms with Crippen LogP contribution >= 0.6 is 0 Å². The lowest BCUT2D eigenvalue weighted by Gasteiger charge is -2.20. The molecule has 0 amide bonds. The predicted molar refractivity (Wildman–Crippen MR) is 66.7 cm³/mol. The Labute approximate surface area is 108 Å². The van der Waals surface area contributed by atoms with Crippen molar-refractivity contribution in [1.29, 1.82) is 0 Å². The molecule has 7 nitrogen and oxygen atoms in total. The molecule has 1 aromatic heterocycles. The first-order valence-electron chi connectivity index (χ1n) is 6.06. The number of nitro groups is 1. The van der Waals surface area contributed by atoms with Gasteiger partial charge in [-0.3, -0.25) is 10.1 Å². The lowest BCUT2D eigenvalue weighted by atomic mass is 10.1. The smallest absolute Gasteiger partial charge is 0.270 e. The van der Waals surface area contributed by atoms with Crippen molar-refractivity contribution < 1.29 is 10.1 Å². The quantitative estimate of drug-likeness (QED) is 0.478. The largest absolute Gasteiger partial charge is 0.409 e. The standard InChI is InChI=1S/C12H12N4O3/c17-14-12-9-7-8(16(18)19)4-5-10(9)15-6-2-1-3-11(15)13-12/h4-5,7,17H,1-3,6H2/b14-12-. The molecule has 2 aromatic rings. The van der Waals surface area contributed by atoms with Crippen LogP contribution in [0.4, 0.5) is 5.69 Å². The van der Waals surface area contributed by atoms with E-state index in [9.17, 15) is 10.1 Å². The fourth-order valence-electron chi connectivity index (χ4n) is 2.50. The second kappa shape index (κ2) is 4.34. The van der Waals surface area contributed by atoms with Crippen LogP contribution in [0.1, 0.15) is 18.7 Å². The van der Waals surface area contributed by atoms with Gasteiger partial charge in [-0.1, -0.05) is 5.16 Å². The minimum Gasteiger partial charge on any atom is -0.409 e. The Kier molecular flexibility index (Phi) is 2.66. The number of aryl methyl sites for hydroxylation is 2. The Morgan fingerprint density at radius 3 is 3.00 bits per heavy atom. The van der Waals surface area contributed by atoms with Gasteiger partial charge in [0, 0.05) is 25.1 Å². The molecule has 0 atom stereocenters. The third-order valence-electron chi connectivity index (χ3n) is 3.40. The predicted octanol–water partition coefficient (Wildman–Crippen LogP) is 1.57. The molecule has 0 radical (unpaired) electrons. The van der Waals surface area contributed by atoms with Crippen molar-refractivity contribution >= 4 is 16.6 Å². The number of benzene rings is 1. The number of aromatic nitrogens is 2. The summed E-state index contributed by atoms with van der Waals surface area (Å²) < 4.78 is 2.04. The topological polar surface area (TPSA) is 93.6 Å². The van der Waals surface area contributed by atoms with E-state index in [0.717, 1.165) is 37.1 Å². The Morgan fingerprint density at radius 2 is 2.26 bits per heavy atom. The van der Waals surface area contributed by atoms with Gasteiger partial charge in [0.2, 0.25) is 5.49 Å². The highest BCUT2D eigenvalue weighted by molar-refractivity contribution is 5.80. The maximum Gasteiger partial charge on any atom is 0.270 e. The summed E-state index contributed by atoms with van der Waals surface area (Å²) in [6, 6.07) is 4.56. The highest BCUT2D eigenvalue weighted by Gasteiger charge is 2.16. The van der Waals surface area contributed by atoms with E-state index < -0.39 is 4.92 Å². The number of nitrogens with zero attached hydrogens (tertiary/aromatic N) is 4. The zero-order valence-corrected chi connectivity index (χ0v) is 10.1. The van der Waals surface area contributed by atoms with Crippen LogP contribution in [0, 0.1) is 10.1 Å². The lowest BCUT2D eigenvalue weighted by molar-refractivity contribution is -0.384. The molecule has 0 spiro atoms. The first-order valence-corrected chi connectivity index (χ1v) is 6.06. The Morgan fingerprint density at radius 1 is 1.42 bits per heavy atom. The van der Waals surface area contributed by atoms with E-state index >= 15 is 0 Å². The highest BCUT2D eigenvalue weighted by atomic mass is 16.6. The molecule has 1 aromatic carbocycles. The van der Waals surface area contributed by atoms with E-state index in [1.54, 1.807) is 6.07 Å². The molecule has 1 aliphatic heterocycles. The first-order chi connectivity index (χ1) is 9.20. The summed E-state index contributed by atoms with van der Waals surface area (Å²) in [6.07, 6.45) is 2.94. The molecule has 0 unspecified atom stereocenters. The van der Waals surface area contributed by atoms with Crippen LogP contribution in [0.2, 0.25) is 0 Å². The second-order valence-corrected chi connectivity index (χ2v) is 4.52. The minimum atomic E-state index is -0.468. The van der Waals surface area contributed by atoms with Crippen molar-refractivity contribution in [3.8, 4) is 0 Å². The Balaban J connectivity index is 2.39. The summed E-state index contributed by atoms with van der Waals surface area (Å²) in [6.45, 7) is 0.836. The van der Waals surface area contributed by atoms with Gasteiger partial charge in [0.25, 0.3) is 5.69 Å². The van der Waals surface area contributed by atoms with Crippen molar-refractivity contribution in [2.75, 3.05) is 0 Å². The third-order valence-corrected chi connectivity index (χ3v) is 3.40. The monoisotopic (exact) mass is 260 g/mol. The lowest BCUT2D eigenvalue weighted by Crippen LogP contribution is -2.23. The first kappa shape index (κ1) is 11.6. The summed E-state index contributed by atoms with van der Waals surface area (Å²) in [7, 11) is 0. The zero-order valence-electron chi connectivity index (χ0n) is 10.1. The molecular weight excluding hydrogens is 248 g/mol. The summed E-state index contributed by atoms with van der Waals surface area (Å²) >= 11 is 0. The summed E-state index contributed by atoms with van der Waals surface area (Å²) in [5.74, 6) is 0.861. The molecular formula is C12H12N4O3. The van der Waals surface area contributed by atoms with E-state index in [-0.39, 0.29) is 11.2 Å². The molecule has 0 bridgehead atoms. The van der Waals surface area contributed by atoms with Crippen LogP contribution in [0.25, 0.3) is 10.9 Å². The zero-order chi connectivity index (χ0) is 13.4. The van der Waals surface area contributed by atoms with E-state index in [1.807, 2.05) is 4.57 Å². The van der Waals surface area contributed by atoms with Gasteiger partial charge in [0.15, 0.2) is 0 Å². The number of non-ortho nitro benzene ring substituents is 1. The molecule has 1 aliphatic rings. The van der Waals surface area contributed by atoms with E-state index in [1.165, 1.54) is 12.1 Å². The van der Waals surface area contributed by atoms with Crippen LogP contribution in [0.5, 0.6) is 0 Å². The average Bonchev–Trinajstić information content (AvgIpc) is 2.45. The fourth-order valence-corrected chi connectivity index (χ4v) is 2.50. The molecule has 19 heavy (non-hydrogen) atoms. The number of hydrogen-bond donors (Lipinski definition) is 1. The number of hydrogen-bond acceptors (Lipinski definition) is 5. The van der Waals surface area contributed by atoms with Crippen LogP contribution < -0.4 is 5.49 Å². The average molecular weight is 260 g/mol. The van der Waals surface area contributed by atoms with Crippen molar-refractivity contribution in [1.82, 2.24) is 9.55 Å². The number of rotatable bonds is 1. The maximum atomic E-state index is 10.8. The highest BCUT2D eigenvalue weighted by Crippen LogP contribution is 2.22. The van der Waals surface area contributed by atoms with Gasteiger partial charge in [-0.25, -0.2) is 4.98 Å². The fraction of sp³-hybridized carbons (Fsp3) is 0.333. The maximum absolute atomic E-state index is 10.8. The van der Waals surface area contributed by atoms with Crippen LogP contribution in [0.15, 0.2) is 23.4 Å². The molecule has 3 rings (SSSR count). The second-order valence-electron chi connectivity index (χ2n) is 4.52. The van der Waals surface area contributed by atoms with E-state index in [2.05, 4.69) is 10.1 Å². The molecule has 0 aliphatic carbocycles.